The lowest BCUT2D eigenvalue weighted by Crippen LogP contribution is -2.27. The van der Waals surface area contributed by atoms with E-state index in [0.717, 1.165) is 36.0 Å². The van der Waals surface area contributed by atoms with Gasteiger partial charge in [-0.05, 0) is 18.8 Å². The molecule has 2 aliphatic rings. The van der Waals surface area contributed by atoms with Crippen LogP contribution in [0.4, 0.5) is 0 Å². The second-order valence-corrected chi connectivity index (χ2v) is 6.18. The zero-order chi connectivity index (χ0) is 10.7. The molecule has 1 fully saturated rings. The minimum atomic E-state index is 0.937. The van der Waals surface area contributed by atoms with Crippen LogP contribution in [0.5, 0.6) is 0 Å². The zero-order valence-corrected chi connectivity index (χ0v) is 10.8. The van der Waals surface area contributed by atoms with E-state index in [-0.39, 0.29) is 0 Å². The number of thiol groups is 1. The predicted molar refractivity (Wildman–Crippen MR) is 70.8 cm³/mol. The van der Waals surface area contributed by atoms with Crippen LogP contribution in [0.1, 0.15) is 32.1 Å². The Morgan fingerprint density at radius 2 is 2.13 bits per heavy atom. The van der Waals surface area contributed by atoms with E-state index in [0.29, 0.717) is 0 Å². The quantitative estimate of drug-likeness (QED) is 0.591. The fourth-order valence-corrected chi connectivity index (χ4v) is 3.81. The Morgan fingerprint density at radius 3 is 2.80 bits per heavy atom. The van der Waals surface area contributed by atoms with Crippen molar-refractivity contribution in [3.63, 3.8) is 0 Å². The van der Waals surface area contributed by atoms with Crippen LogP contribution in [0.3, 0.4) is 0 Å². The summed E-state index contributed by atoms with van der Waals surface area (Å²) in [6.07, 6.45) is 6.74. The molecule has 2 N–H and O–H groups in total. The summed E-state index contributed by atoms with van der Waals surface area (Å²) in [6, 6.07) is 0. The van der Waals surface area contributed by atoms with Gasteiger partial charge in [-0.15, -0.1) is 12.6 Å². The summed E-state index contributed by atoms with van der Waals surface area (Å²) < 4.78 is 2.41. The van der Waals surface area contributed by atoms with E-state index in [2.05, 4.69) is 16.9 Å². The second kappa shape index (κ2) is 5.51. The maximum Gasteiger partial charge on any atom is 0.0415 e. The van der Waals surface area contributed by atoms with Crippen molar-refractivity contribution in [2.24, 2.45) is 11.7 Å². The molecule has 86 valence electrons. The summed E-state index contributed by atoms with van der Waals surface area (Å²) in [6.45, 7) is 2.03. The van der Waals surface area contributed by atoms with Gasteiger partial charge in [0, 0.05) is 35.9 Å². The smallest absolute Gasteiger partial charge is 0.0415 e. The highest BCUT2D eigenvalue weighted by Gasteiger charge is 2.19. The molecular formula is C11H20N2S2. The van der Waals surface area contributed by atoms with Crippen molar-refractivity contribution in [2.45, 2.75) is 32.1 Å². The number of nitrogens with two attached hydrogens (primary N) is 1. The number of hydrogen-bond donors (Lipinski definition) is 2. The Morgan fingerprint density at radius 1 is 1.40 bits per heavy atom. The molecule has 4 heteroatoms. The fraction of sp³-hybridized carbons (Fsp3) is 0.818. The summed E-state index contributed by atoms with van der Waals surface area (Å²) in [4.78, 5) is 1.07. The average Bonchev–Trinajstić information content (AvgIpc) is 2.73. The SMILES string of the molecule is NC1=C(S)CN(SCC2CCCC2)CC1. The Kier molecular flexibility index (Phi) is 4.29. The molecule has 2 nitrogen and oxygen atoms in total. The molecule has 0 aromatic heterocycles. The van der Waals surface area contributed by atoms with Gasteiger partial charge in [0.2, 0.25) is 0 Å². The van der Waals surface area contributed by atoms with Crippen LogP contribution in [0.15, 0.2) is 10.6 Å². The van der Waals surface area contributed by atoms with E-state index < -0.39 is 0 Å². The van der Waals surface area contributed by atoms with E-state index in [1.807, 2.05) is 11.9 Å². The summed E-state index contributed by atoms with van der Waals surface area (Å²) in [7, 11) is 0. The first kappa shape index (κ1) is 11.7. The molecule has 0 radical (unpaired) electrons. The van der Waals surface area contributed by atoms with Crippen LogP contribution in [-0.4, -0.2) is 23.1 Å². The standard InChI is InChI=1S/C11H20N2S2/c12-10-5-6-13(7-11(10)14)15-8-9-3-1-2-4-9/h9,14H,1-8,12H2. The molecule has 2 rings (SSSR count). The van der Waals surface area contributed by atoms with Gasteiger partial charge >= 0.3 is 0 Å². The highest BCUT2D eigenvalue weighted by atomic mass is 32.2. The highest BCUT2D eigenvalue weighted by Crippen LogP contribution is 2.30. The Labute approximate surface area is 102 Å². The van der Waals surface area contributed by atoms with Crippen molar-refractivity contribution >= 4 is 24.6 Å². The van der Waals surface area contributed by atoms with E-state index in [9.17, 15) is 0 Å². The first-order chi connectivity index (χ1) is 7.25. The van der Waals surface area contributed by atoms with Crippen LogP contribution in [-0.2, 0) is 0 Å². The summed E-state index contributed by atoms with van der Waals surface area (Å²) in [5, 5.41) is 0. The normalized spacial score (nSPS) is 25.1. The van der Waals surface area contributed by atoms with Crippen molar-refractivity contribution in [1.29, 1.82) is 0 Å². The third-order valence-corrected chi connectivity index (χ3v) is 5.02. The van der Waals surface area contributed by atoms with Gasteiger partial charge < -0.3 is 5.73 Å². The summed E-state index contributed by atoms with van der Waals surface area (Å²) in [5.41, 5.74) is 6.81. The lowest BCUT2D eigenvalue weighted by atomic mass is 10.1. The minimum Gasteiger partial charge on any atom is -0.401 e. The fourth-order valence-electron chi connectivity index (χ4n) is 2.24. The maximum absolute atomic E-state index is 5.83. The van der Waals surface area contributed by atoms with Crippen LogP contribution in [0.25, 0.3) is 0 Å². The molecule has 0 saturated heterocycles. The molecule has 1 saturated carbocycles. The van der Waals surface area contributed by atoms with Crippen molar-refractivity contribution in [3.05, 3.63) is 10.6 Å². The van der Waals surface area contributed by atoms with E-state index >= 15 is 0 Å². The van der Waals surface area contributed by atoms with Gasteiger partial charge in [0.1, 0.15) is 0 Å². The molecule has 0 unspecified atom stereocenters. The van der Waals surface area contributed by atoms with Crippen LogP contribution >= 0.6 is 24.6 Å². The molecule has 0 aromatic carbocycles. The Hall–Kier alpha value is 0.200. The zero-order valence-electron chi connectivity index (χ0n) is 9.11. The molecule has 0 aromatic rings. The minimum absolute atomic E-state index is 0.937. The topological polar surface area (TPSA) is 29.3 Å². The van der Waals surface area contributed by atoms with Gasteiger partial charge in [-0.1, -0.05) is 24.8 Å². The van der Waals surface area contributed by atoms with Crippen molar-refractivity contribution < 1.29 is 0 Å². The lowest BCUT2D eigenvalue weighted by molar-refractivity contribution is 0.487. The van der Waals surface area contributed by atoms with Crippen LogP contribution in [0, 0.1) is 5.92 Å². The number of nitrogens with zero attached hydrogens (tertiary/aromatic N) is 1. The largest absolute Gasteiger partial charge is 0.401 e. The van der Waals surface area contributed by atoms with E-state index in [1.54, 1.807) is 0 Å². The molecule has 0 spiro atoms. The molecule has 15 heavy (non-hydrogen) atoms. The highest BCUT2D eigenvalue weighted by molar-refractivity contribution is 7.97. The number of hydrogen-bond acceptors (Lipinski definition) is 4. The molecule has 1 heterocycles. The van der Waals surface area contributed by atoms with Crippen molar-refractivity contribution in [2.75, 3.05) is 18.8 Å². The first-order valence-corrected chi connectivity index (χ1v) is 7.19. The molecule has 0 atom stereocenters. The lowest BCUT2D eigenvalue weighted by Gasteiger charge is -2.27. The molecular weight excluding hydrogens is 224 g/mol. The van der Waals surface area contributed by atoms with Gasteiger partial charge in [0.25, 0.3) is 0 Å². The number of rotatable bonds is 3. The third kappa shape index (κ3) is 3.33. The maximum atomic E-state index is 5.83. The van der Waals surface area contributed by atoms with E-state index in [4.69, 9.17) is 5.73 Å². The van der Waals surface area contributed by atoms with Gasteiger partial charge in [-0.3, -0.25) is 0 Å². The third-order valence-electron chi connectivity index (χ3n) is 3.29. The van der Waals surface area contributed by atoms with Crippen molar-refractivity contribution in [3.8, 4) is 0 Å². The van der Waals surface area contributed by atoms with Crippen molar-refractivity contribution in [1.82, 2.24) is 4.31 Å². The van der Waals surface area contributed by atoms with Crippen LogP contribution in [0.2, 0.25) is 0 Å². The monoisotopic (exact) mass is 244 g/mol. The first-order valence-electron chi connectivity index (χ1n) is 5.80. The van der Waals surface area contributed by atoms with E-state index in [1.165, 1.54) is 31.4 Å². The molecule has 0 amide bonds. The van der Waals surface area contributed by atoms with Crippen LogP contribution < -0.4 is 5.73 Å². The molecule has 1 aliphatic carbocycles. The molecule has 1 aliphatic heterocycles. The van der Waals surface area contributed by atoms with Gasteiger partial charge in [-0.25, -0.2) is 4.31 Å². The van der Waals surface area contributed by atoms with Gasteiger partial charge in [0.15, 0.2) is 0 Å². The summed E-state index contributed by atoms with van der Waals surface area (Å²) >= 11 is 6.41. The summed E-state index contributed by atoms with van der Waals surface area (Å²) in [5.74, 6) is 2.25. The molecule has 0 bridgehead atoms. The van der Waals surface area contributed by atoms with Gasteiger partial charge in [-0.2, -0.15) is 0 Å². The predicted octanol–water partition coefficient (Wildman–Crippen LogP) is 2.63. The Balaban J connectivity index is 1.72. The van der Waals surface area contributed by atoms with Gasteiger partial charge in [0.05, 0.1) is 0 Å². The average molecular weight is 244 g/mol. The second-order valence-electron chi connectivity index (χ2n) is 4.53. The Bertz CT molecular complexity index is 247.